The second kappa shape index (κ2) is 12.6. The molecule has 9 heteroatoms. The summed E-state index contributed by atoms with van der Waals surface area (Å²) in [5, 5.41) is 5.10. The normalized spacial score (nSPS) is 12.2. The van der Waals surface area contributed by atoms with Crippen LogP contribution in [0, 0.1) is 10.5 Å². The molecule has 0 unspecified atom stereocenters. The molecular weight excluding hydrogens is 621 g/mol. The molecule has 3 aromatic carbocycles. The number of nitrogens with zero attached hydrogens (tertiary/aromatic N) is 3. The van der Waals surface area contributed by atoms with Gasteiger partial charge in [-0.1, -0.05) is 26.0 Å². The first-order chi connectivity index (χ1) is 19.1. The smallest absolute Gasteiger partial charge is 0.346 e. The predicted octanol–water partition coefficient (Wildman–Crippen LogP) is 6.32. The molecule has 0 saturated heterocycles. The van der Waals surface area contributed by atoms with Crippen LogP contribution in [0.3, 0.4) is 0 Å². The van der Waals surface area contributed by atoms with E-state index in [0.717, 1.165) is 31.6 Å². The van der Waals surface area contributed by atoms with Gasteiger partial charge in [0, 0.05) is 5.56 Å². The van der Waals surface area contributed by atoms with Gasteiger partial charge in [0.15, 0.2) is 11.9 Å². The summed E-state index contributed by atoms with van der Waals surface area (Å²) in [4.78, 5) is 30.3. The summed E-state index contributed by atoms with van der Waals surface area (Å²) in [5.74, 6) is 1.57. The van der Waals surface area contributed by atoms with E-state index in [1.807, 2.05) is 56.3 Å². The highest BCUT2D eigenvalue weighted by molar-refractivity contribution is 14.1. The van der Waals surface area contributed by atoms with Crippen LogP contribution in [-0.2, 0) is 9.53 Å². The maximum absolute atomic E-state index is 13.7. The maximum Gasteiger partial charge on any atom is 0.346 e. The van der Waals surface area contributed by atoms with Gasteiger partial charge >= 0.3 is 5.97 Å². The Kier molecular flexibility index (Phi) is 9.24. The third-order valence-electron chi connectivity index (χ3n) is 6.39. The molecule has 0 saturated carbocycles. The Hall–Kier alpha value is -3.73. The topological polar surface area (TPSA) is 92.0 Å². The molecule has 4 aromatic rings. The van der Waals surface area contributed by atoms with Gasteiger partial charge in [0.25, 0.3) is 5.56 Å². The number of hydrogen-bond donors (Lipinski definition) is 0. The van der Waals surface area contributed by atoms with Gasteiger partial charge in [-0.2, -0.15) is 9.78 Å². The first-order valence-corrected chi connectivity index (χ1v) is 14.1. The highest BCUT2D eigenvalue weighted by Crippen LogP contribution is 2.34. The predicted molar refractivity (Wildman–Crippen MR) is 166 cm³/mol. The Morgan fingerprint density at radius 3 is 2.52 bits per heavy atom. The number of methoxy groups -OCH3 is 1. The lowest BCUT2D eigenvalue weighted by Gasteiger charge is -2.18. The van der Waals surface area contributed by atoms with E-state index in [1.54, 1.807) is 25.3 Å². The molecule has 0 aliphatic carbocycles. The molecule has 40 heavy (non-hydrogen) atoms. The minimum Gasteiger partial charge on any atom is -0.494 e. The number of fused-ring (bicyclic) bond motifs is 1. The molecule has 4 rings (SSSR count). The summed E-state index contributed by atoms with van der Waals surface area (Å²) in [6, 6.07) is 16.7. The summed E-state index contributed by atoms with van der Waals surface area (Å²) < 4.78 is 18.5. The fraction of sp³-hybridized carbons (Fsp3) is 0.290. The Balaban J connectivity index is 1.82. The number of hydrogen-bond acceptors (Lipinski definition) is 7. The molecule has 0 spiro atoms. The summed E-state index contributed by atoms with van der Waals surface area (Å²) in [6.45, 7) is 10.4. The molecule has 1 aromatic heterocycles. The van der Waals surface area contributed by atoms with Gasteiger partial charge in [0.05, 0.1) is 34.4 Å². The van der Waals surface area contributed by atoms with Crippen LogP contribution in [0.2, 0.25) is 0 Å². The zero-order valence-electron chi connectivity index (χ0n) is 23.4. The highest BCUT2D eigenvalue weighted by Gasteiger charge is 2.19. The largest absolute Gasteiger partial charge is 0.494 e. The van der Waals surface area contributed by atoms with Gasteiger partial charge in [-0.15, -0.1) is 0 Å². The van der Waals surface area contributed by atoms with E-state index in [4.69, 9.17) is 19.2 Å². The molecule has 0 fully saturated rings. The molecule has 0 aliphatic heterocycles. The molecule has 0 aliphatic rings. The second-order valence-electron chi connectivity index (χ2n) is 9.58. The summed E-state index contributed by atoms with van der Waals surface area (Å²) in [7, 11) is 1.32. The SMILES string of the molecule is CCOc1cc(C)c(-c2nc3ccccc3c(=O)n2N=Cc2ccc(O[C@H](C)C(=O)OC)c(I)c2)cc1C(C)C. The van der Waals surface area contributed by atoms with E-state index >= 15 is 0 Å². The first-order valence-electron chi connectivity index (χ1n) is 13.0. The van der Waals surface area contributed by atoms with Gasteiger partial charge in [0.2, 0.25) is 0 Å². The fourth-order valence-corrected chi connectivity index (χ4v) is 4.96. The van der Waals surface area contributed by atoms with Crippen molar-refractivity contribution < 1.29 is 19.0 Å². The minimum absolute atomic E-state index is 0.203. The van der Waals surface area contributed by atoms with Crippen molar-refractivity contribution >= 4 is 45.7 Å². The molecule has 1 heterocycles. The number of para-hydroxylation sites is 1. The van der Waals surface area contributed by atoms with Crippen LogP contribution in [0.4, 0.5) is 0 Å². The molecule has 0 amide bonds. The third kappa shape index (κ3) is 6.19. The lowest BCUT2D eigenvalue weighted by atomic mass is 9.96. The van der Waals surface area contributed by atoms with E-state index in [0.29, 0.717) is 29.1 Å². The number of halogens is 1. The lowest BCUT2D eigenvalue weighted by Crippen LogP contribution is -2.25. The minimum atomic E-state index is -0.740. The van der Waals surface area contributed by atoms with Crippen molar-refractivity contribution in [2.45, 2.75) is 46.6 Å². The number of esters is 1. The average Bonchev–Trinajstić information content (AvgIpc) is 2.93. The standard InChI is InChI=1S/C31H32IN3O5/c1-7-39-28-14-19(4)24(16-23(28)18(2)3)29-34-26-11-9-8-10-22(26)30(36)35(29)33-17-21-12-13-27(25(32)15-21)40-20(5)31(37)38-6/h8-18,20H,7H2,1-6H3/t20-/m1/s1. The molecule has 0 bridgehead atoms. The van der Waals surface area contributed by atoms with Gasteiger partial charge < -0.3 is 14.2 Å². The van der Waals surface area contributed by atoms with Gasteiger partial charge in [0.1, 0.15) is 11.5 Å². The van der Waals surface area contributed by atoms with Crippen molar-refractivity contribution in [3.8, 4) is 22.9 Å². The average molecular weight is 654 g/mol. The van der Waals surface area contributed by atoms with Gasteiger partial charge in [-0.3, -0.25) is 4.79 Å². The Morgan fingerprint density at radius 1 is 1.10 bits per heavy atom. The number of ether oxygens (including phenoxy) is 3. The number of rotatable bonds is 9. The van der Waals surface area contributed by atoms with Crippen molar-refractivity contribution in [3.05, 3.63) is 85.2 Å². The second-order valence-corrected chi connectivity index (χ2v) is 10.7. The number of aromatic nitrogens is 2. The summed E-state index contributed by atoms with van der Waals surface area (Å²) >= 11 is 2.14. The van der Waals surface area contributed by atoms with E-state index in [1.165, 1.54) is 11.8 Å². The van der Waals surface area contributed by atoms with Crippen LogP contribution < -0.4 is 15.0 Å². The molecule has 208 valence electrons. The molecule has 0 radical (unpaired) electrons. The Bertz CT molecular complexity index is 1640. The molecule has 8 nitrogen and oxygen atoms in total. The number of carbonyl (C=O) groups excluding carboxylic acids is 1. The molecule has 1 atom stereocenters. The fourth-order valence-electron chi connectivity index (χ4n) is 4.30. The number of benzene rings is 3. The number of aryl methyl sites for hydroxylation is 1. The van der Waals surface area contributed by atoms with Crippen LogP contribution in [-0.4, -0.2) is 41.7 Å². The zero-order chi connectivity index (χ0) is 29.0. The number of carbonyl (C=O) groups is 1. The van der Waals surface area contributed by atoms with Crippen LogP contribution in [0.1, 0.15) is 50.3 Å². The van der Waals surface area contributed by atoms with Crippen molar-refractivity contribution in [2.75, 3.05) is 13.7 Å². The van der Waals surface area contributed by atoms with E-state index in [-0.39, 0.29) is 11.5 Å². The summed E-state index contributed by atoms with van der Waals surface area (Å²) in [6.07, 6.45) is 0.875. The van der Waals surface area contributed by atoms with Gasteiger partial charge in [-0.25, -0.2) is 9.78 Å². The van der Waals surface area contributed by atoms with E-state index in [9.17, 15) is 9.59 Å². The van der Waals surface area contributed by atoms with E-state index < -0.39 is 12.1 Å². The van der Waals surface area contributed by atoms with Crippen LogP contribution in [0.25, 0.3) is 22.3 Å². The summed E-state index contributed by atoms with van der Waals surface area (Å²) in [5.41, 5.74) is 3.85. The van der Waals surface area contributed by atoms with Crippen LogP contribution in [0.15, 0.2) is 64.5 Å². The molecule has 0 N–H and O–H groups in total. The van der Waals surface area contributed by atoms with Crippen LogP contribution >= 0.6 is 22.6 Å². The monoisotopic (exact) mass is 653 g/mol. The first kappa shape index (κ1) is 29.3. The highest BCUT2D eigenvalue weighted by atomic mass is 127. The Morgan fingerprint density at radius 2 is 1.85 bits per heavy atom. The van der Waals surface area contributed by atoms with Crippen molar-refractivity contribution in [1.29, 1.82) is 0 Å². The maximum atomic E-state index is 13.7. The van der Waals surface area contributed by atoms with E-state index in [2.05, 4.69) is 41.5 Å². The Labute approximate surface area is 247 Å². The van der Waals surface area contributed by atoms with Crippen molar-refractivity contribution in [2.24, 2.45) is 5.10 Å². The third-order valence-corrected chi connectivity index (χ3v) is 7.23. The molecular formula is C31H32IN3O5. The van der Waals surface area contributed by atoms with Gasteiger partial charge in [-0.05, 0) is 108 Å². The van der Waals surface area contributed by atoms with Crippen molar-refractivity contribution in [3.63, 3.8) is 0 Å². The quantitative estimate of drug-likeness (QED) is 0.119. The van der Waals surface area contributed by atoms with Crippen molar-refractivity contribution in [1.82, 2.24) is 9.66 Å². The zero-order valence-corrected chi connectivity index (χ0v) is 25.6. The lowest BCUT2D eigenvalue weighted by molar-refractivity contribution is -0.147. The van der Waals surface area contributed by atoms with Crippen LogP contribution in [0.5, 0.6) is 11.5 Å².